The number of rotatable bonds is 2. The van der Waals surface area contributed by atoms with E-state index in [1.807, 2.05) is 30.1 Å². The van der Waals surface area contributed by atoms with Gasteiger partial charge in [-0.15, -0.1) is 0 Å². The zero-order valence-corrected chi connectivity index (χ0v) is 10.8. The molecule has 16 heavy (non-hydrogen) atoms. The summed E-state index contributed by atoms with van der Waals surface area (Å²) >= 11 is 1.86. The third-order valence-corrected chi connectivity index (χ3v) is 4.65. The quantitative estimate of drug-likeness (QED) is 0.858. The normalized spacial score (nSPS) is 28.9. The molecule has 0 aromatic carbocycles. The van der Waals surface area contributed by atoms with Gasteiger partial charge in [-0.1, -0.05) is 19.9 Å². The molecule has 1 aromatic heterocycles. The summed E-state index contributed by atoms with van der Waals surface area (Å²) in [5.74, 6) is 1.98. The molecule has 2 heterocycles. The number of aromatic nitrogens is 1. The molecule has 1 unspecified atom stereocenters. The summed E-state index contributed by atoms with van der Waals surface area (Å²) in [5, 5.41) is 10.6. The van der Waals surface area contributed by atoms with E-state index in [1.165, 1.54) is 0 Å². The minimum absolute atomic E-state index is 0.236. The van der Waals surface area contributed by atoms with Gasteiger partial charge in [-0.3, -0.25) is 4.98 Å². The Balaban J connectivity index is 2.08. The minimum atomic E-state index is -0.560. The zero-order valence-electron chi connectivity index (χ0n) is 9.94. The molecular weight excluding hydrogens is 218 g/mol. The maximum atomic E-state index is 10.6. The molecule has 3 heteroatoms. The molecule has 0 aliphatic carbocycles. The molecule has 1 aromatic rings. The fourth-order valence-electron chi connectivity index (χ4n) is 2.51. The van der Waals surface area contributed by atoms with Crippen LogP contribution in [0.25, 0.3) is 0 Å². The lowest BCUT2D eigenvalue weighted by atomic mass is 9.79. The average Bonchev–Trinajstić information content (AvgIpc) is 2.16. The Morgan fingerprint density at radius 1 is 1.44 bits per heavy atom. The highest BCUT2D eigenvalue weighted by atomic mass is 32.2. The van der Waals surface area contributed by atoms with Crippen molar-refractivity contribution in [2.24, 2.45) is 5.41 Å². The Labute approximate surface area is 101 Å². The number of hydrogen-bond acceptors (Lipinski definition) is 3. The molecule has 1 aliphatic heterocycles. The number of thioether (sulfide) groups is 1. The maximum absolute atomic E-state index is 10.6. The van der Waals surface area contributed by atoms with Gasteiger partial charge in [0.05, 0.1) is 5.60 Å². The van der Waals surface area contributed by atoms with Crippen molar-refractivity contribution < 1.29 is 5.11 Å². The fraction of sp³-hybridized carbons (Fsp3) is 0.615. The van der Waals surface area contributed by atoms with Gasteiger partial charge in [0.1, 0.15) is 0 Å². The fourth-order valence-corrected chi connectivity index (χ4v) is 3.85. The van der Waals surface area contributed by atoms with Crippen LogP contribution in [-0.4, -0.2) is 27.2 Å². The highest BCUT2D eigenvalue weighted by molar-refractivity contribution is 7.99. The van der Waals surface area contributed by atoms with Gasteiger partial charge in [0.25, 0.3) is 0 Å². The highest BCUT2D eigenvalue weighted by Crippen LogP contribution is 2.40. The zero-order chi connectivity index (χ0) is 11.6. The van der Waals surface area contributed by atoms with Gasteiger partial charge in [-0.2, -0.15) is 11.8 Å². The molecule has 1 saturated heterocycles. The number of aliphatic hydroxyl groups is 1. The summed E-state index contributed by atoms with van der Waals surface area (Å²) < 4.78 is 0. The van der Waals surface area contributed by atoms with Crippen LogP contribution in [0.15, 0.2) is 24.5 Å². The van der Waals surface area contributed by atoms with Gasteiger partial charge < -0.3 is 5.11 Å². The molecule has 0 radical (unpaired) electrons. The van der Waals surface area contributed by atoms with Gasteiger partial charge in [0, 0.05) is 24.6 Å². The molecule has 0 spiro atoms. The maximum Gasteiger partial charge on any atom is 0.0783 e. The van der Waals surface area contributed by atoms with Crippen molar-refractivity contribution >= 4 is 11.8 Å². The first-order valence-electron chi connectivity index (χ1n) is 5.68. The Morgan fingerprint density at radius 2 is 2.25 bits per heavy atom. The van der Waals surface area contributed by atoms with E-state index in [0.717, 1.165) is 29.9 Å². The van der Waals surface area contributed by atoms with E-state index in [0.29, 0.717) is 0 Å². The highest BCUT2D eigenvalue weighted by Gasteiger charge is 2.38. The second-order valence-corrected chi connectivity index (χ2v) is 6.58. The van der Waals surface area contributed by atoms with E-state index in [2.05, 4.69) is 18.8 Å². The largest absolute Gasteiger partial charge is 0.389 e. The molecule has 1 atom stereocenters. The Bertz CT molecular complexity index is 352. The lowest BCUT2D eigenvalue weighted by molar-refractivity contribution is 0.0199. The topological polar surface area (TPSA) is 33.1 Å². The van der Waals surface area contributed by atoms with Crippen LogP contribution in [0.4, 0.5) is 0 Å². The molecule has 1 aliphatic rings. The summed E-state index contributed by atoms with van der Waals surface area (Å²) in [6.45, 7) is 4.46. The predicted molar refractivity (Wildman–Crippen MR) is 68.6 cm³/mol. The number of pyridine rings is 1. The molecule has 2 rings (SSSR count). The van der Waals surface area contributed by atoms with Crippen molar-refractivity contribution in [1.29, 1.82) is 0 Å². The third kappa shape index (κ3) is 2.98. The van der Waals surface area contributed by atoms with E-state index < -0.39 is 5.60 Å². The van der Waals surface area contributed by atoms with E-state index in [9.17, 15) is 5.11 Å². The van der Waals surface area contributed by atoms with E-state index in [-0.39, 0.29) is 5.41 Å². The van der Waals surface area contributed by atoms with Gasteiger partial charge >= 0.3 is 0 Å². The van der Waals surface area contributed by atoms with Crippen LogP contribution in [0, 0.1) is 5.41 Å². The van der Waals surface area contributed by atoms with Gasteiger partial charge in [0.15, 0.2) is 0 Å². The van der Waals surface area contributed by atoms with Gasteiger partial charge in [0.2, 0.25) is 0 Å². The van der Waals surface area contributed by atoms with E-state index >= 15 is 0 Å². The van der Waals surface area contributed by atoms with Gasteiger partial charge in [-0.05, 0) is 29.2 Å². The van der Waals surface area contributed by atoms with E-state index in [1.54, 1.807) is 6.20 Å². The van der Waals surface area contributed by atoms with Crippen molar-refractivity contribution in [3.63, 3.8) is 0 Å². The summed E-state index contributed by atoms with van der Waals surface area (Å²) in [6, 6.07) is 3.97. The van der Waals surface area contributed by atoms with Crippen LogP contribution >= 0.6 is 11.8 Å². The van der Waals surface area contributed by atoms with Gasteiger partial charge in [-0.25, -0.2) is 0 Å². The first kappa shape index (κ1) is 11.9. The van der Waals surface area contributed by atoms with Crippen LogP contribution in [-0.2, 0) is 6.42 Å². The smallest absolute Gasteiger partial charge is 0.0783 e. The predicted octanol–water partition coefficient (Wildman–Crippen LogP) is 2.52. The molecule has 88 valence electrons. The molecule has 2 nitrogen and oxygen atoms in total. The van der Waals surface area contributed by atoms with Crippen LogP contribution in [0.5, 0.6) is 0 Å². The van der Waals surface area contributed by atoms with Crippen molar-refractivity contribution in [3.05, 3.63) is 30.1 Å². The summed E-state index contributed by atoms with van der Waals surface area (Å²) in [6.07, 6.45) is 5.22. The minimum Gasteiger partial charge on any atom is -0.389 e. The van der Waals surface area contributed by atoms with Crippen molar-refractivity contribution in [2.75, 3.05) is 11.5 Å². The molecule has 1 fully saturated rings. The van der Waals surface area contributed by atoms with Crippen LogP contribution in [0.3, 0.4) is 0 Å². The first-order chi connectivity index (χ1) is 7.49. The molecule has 0 saturated carbocycles. The average molecular weight is 237 g/mol. The van der Waals surface area contributed by atoms with Crippen molar-refractivity contribution in [2.45, 2.75) is 32.3 Å². The lowest BCUT2D eigenvalue weighted by Crippen LogP contribution is -2.44. The number of hydrogen-bond donors (Lipinski definition) is 1. The molecule has 0 amide bonds. The second kappa shape index (κ2) is 4.38. The Morgan fingerprint density at radius 3 is 2.88 bits per heavy atom. The molecule has 1 N–H and O–H groups in total. The van der Waals surface area contributed by atoms with Crippen molar-refractivity contribution in [1.82, 2.24) is 4.98 Å². The Kier molecular flexibility index (Phi) is 3.27. The second-order valence-electron chi connectivity index (χ2n) is 5.60. The van der Waals surface area contributed by atoms with Crippen LogP contribution in [0.1, 0.15) is 25.8 Å². The van der Waals surface area contributed by atoms with Crippen LogP contribution in [0.2, 0.25) is 0 Å². The monoisotopic (exact) mass is 237 g/mol. The summed E-state index contributed by atoms with van der Waals surface area (Å²) in [5.41, 5.74) is 0.804. The first-order valence-corrected chi connectivity index (χ1v) is 6.84. The van der Waals surface area contributed by atoms with Crippen molar-refractivity contribution in [3.8, 4) is 0 Å². The standard InChI is InChI=1S/C13H19NOS/c1-12(2)8-13(15,10-16-9-12)6-11-4-3-5-14-7-11/h3-5,7,15H,6,8-10H2,1-2H3. The van der Waals surface area contributed by atoms with Crippen LogP contribution < -0.4 is 0 Å². The summed E-state index contributed by atoms with van der Waals surface area (Å²) in [4.78, 5) is 4.10. The SMILES string of the molecule is CC1(C)CSCC(O)(Cc2cccnc2)C1. The number of nitrogens with zero attached hydrogens (tertiary/aromatic N) is 1. The Hall–Kier alpha value is -0.540. The molecule has 0 bridgehead atoms. The molecular formula is C13H19NOS. The van der Waals surface area contributed by atoms with E-state index in [4.69, 9.17) is 0 Å². The third-order valence-electron chi connectivity index (χ3n) is 2.93. The lowest BCUT2D eigenvalue weighted by Gasteiger charge is -2.41. The summed E-state index contributed by atoms with van der Waals surface area (Å²) in [7, 11) is 0.